The van der Waals surface area contributed by atoms with Crippen LogP contribution >= 0.6 is 15.9 Å². The SMILES string of the molecule is CC(C)(C)c1nc(C(=O)O)nn1-c1cc(Br)ccc1C#N. The molecule has 0 aliphatic rings. The first-order chi connectivity index (χ1) is 9.74. The maximum Gasteiger partial charge on any atom is 0.375 e. The Balaban J connectivity index is 2.77. The Labute approximate surface area is 130 Å². The van der Waals surface area contributed by atoms with Gasteiger partial charge in [-0.15, -0.1) is 5.10 Å². The van der Waals surface area contributed by atoms with E-state index in [1.54, 1.807) is 18.2 Å². The van der Waals surface area contributed by atoms with Gasteiger partial charge < -0.3 is 5.11 Å². The third-order valence-electron chi connectivity index (χ3n) is 2.78. The molecule has 1 aromatic carbocycles. The number of benzene rings is 1. The summed E-state index contributed by atoms with van der Waals surface area (Å²) in [6.45, 7) is 5.72. The normalized spacial score (nSPS) is 11.2. The lowest BCUT2D eigenvalue weighted by atomic mass is 9.95. The van der Waals surface area contributed by atoms with Gasteiger partial charge in [0.25, 0.3) is 5.82 Å². The Morgan fingerprint density at radius 3 is 2.62 bits per heavy atom. The van der Waals surface area contributed by atoms with Crippen molar-refractivity contribution >= 4 is 21.9 Å². The molecule has 0 bridgehead atoms. The van der Waals surface area contributed by atoms with Crippen LogP contribution in [0.2, 0.25) is 0 Å². The molecule has 1 N–H and O–H groups in total. The summed E-state index contributed by atoms with van der Waals surface area (Å²) < 4.78 is 2.19. The van der Waals surface area contributed by atoms with Crippen LogP contribution in [0.25, 0.3) is 5.69 Å². The molecular weight excluding hydrogens is 336 g/mol. The van der Waals surface area contributed by atoms with Gasteiger partial charge in [0.15, 0.2) is 0 Å². The molecule has 0 aliphatic heterocycles. The second-order valence-electron chi connectivity index (χ2n) is 5.50. The molecule has 0 saturated heterocycles. The number of halogens is 1. The molecule has 1 aromatic heterocycles. The van der Waals surface area contributed by atoms with Crippen molar-refractivity contribution in [2.24, 2.45) is 0 Å². The van der Waals surface area contributed by atoms with Crippen LogP contribution in [-0.4, -0.2) is 25.8 Å². The first-order valence-corrected chi connectivity index (χ1v) is 6.94. The molecule has 6 nitrogen and oxygen atoms in total. The third-order valence-corrected chi connectivity index (χ3v) is 3.27. The molecule has 2 rings (SSSR count). The Hall–Kier alpha value is -2.20. The number of carbonyl (C=O) groups is 1. The van der Waals surface area contributed by atoms with Gasteiger partial charge in [0.2, 0.25) is 0 Å². The van der Waals surface area contributed by atoms with Crippen molar-refractivity contribution in [2.75, 3.05) is 0 Å². The van der Waals surface area contributed by atoms with E-state index in [1.807, 2.05) is 20.8 Å². The molecule has 0 radical (unpaired) electrons. The van der Waals surface area contributed by atoms with E-state index in [4.69, 9.17) is 5.11 Å². The number of nitriles is 1. The van der Waals surface area contributed by atoms with Crippen molar-refractivity contribution in [3.8, 4) is 11.8 Å². The summed E-state index contributed by atoms with van der Waals surface area (Å²) in [6.07, 6.45) is 0. The van der Waals surface area contributed by atoms with Crippen LogP contribution in [0, 0.1) is 11.3 Å². The van der Waals surface area contributed by atoms with Gasteiger partial charge in [-0.05, 0) is 18.2 Å². The summed E-state index contributed by atoms with van der Waals surface area (Å²) in [5.41, 5.74) is 0.470. The minimum atomic E-state index is -1.20. The monoisotopic (exact) mass is 348 g/mol. The fourth-order valence-electron chi connectivity index (χ4n) is 1.83. The molecule has 21 heavy (non-hydrogen) atoms. The lowest BCUT2D eigenvalue weighted by Gasteiger charge is -2.18. The third kappa shape index (κ3) is 2.95. The number of aromatic nitrogens is 3. The van der Waals surface area contributed by atoms with Gasteiger partial charge in [-0.2, -0.15) is 5.26 Å². The average molecular weight is 349 g/mol. The molecular formula is C14H13BrN4O2. The second-order valence-corrected chi connectivity index (χ2v) is 6.41. The lowest BCUT2D eigenvalue weighted by Crippen LogP contribution is -2.19. The van der Waals surface area contributed by atoms with E-state index in [9.17, 15) is 10.1 Å². The maximum atomic E-state index is 11.1. The van der Waals surface area contributed by atoms with E-state index in [-0.39, 0.29) is 5.82 Å². The predicted octanol–water partition coefficient (Wildman–Crippen LogP) is 2.90. The van der Waals surface area contributed by atoms with Crippen molar-refractivity contribution in [3.63, 3.8) is 0 Å². The van der Waals surface area contributed by atoms with E-state index in [1.165, 1.54) is 4.68 Å². The highest BCUT2D eigenvalue weighted by Gasteiger charge is 2.27. The average Bonchev–Trinajstić information content (AvgIpc) is 2.83. The molecule has 0 saturated carbocycles. The number of carboxylic acid groups (broad SMARTS) is 1. The van der Waals surface area contributed by atoms with Crippen LogP contribution in [0.15, 0.2) is 22.7 Å². The summed E-state index contributed by atoms with van der Waals surface area (Å²) >= 11 is 3.35. The van der Waals surface area contributed by atoms with Crippen LogP contribution in [0.1, 0.15) is 42.8 Å². The predicted molar refractivity (Wildman–Crippen MR) is 79.4 cm³/mol. The van der Waals surface area contributed by atoms with Gasteiger partial charge in [-0.1, -0.05) is 36.7 Å². The second kappa shape index (κ2) is 5.30. The standard InChI is InChI=1S/C14H13BrN4O2/c1-14(2,3)13-17-11(12(20)21)18-19(13)10-6-9(15)5-4-8(10)7-16/h4-6H,1-3H3,(H,20,21). The molecule has 0 amide bonds. The molecule has 108 valence electrons. The molecule has 0 atom stereocenters. The first kappa shape index (κ1) is 15.2. The largest absolute Gasteiger partial charge is 0.475 e. The van der Waals surface area contributed by atoms with Gasteiger partial charge in [-0.25, -0.2) is 14.5 Å². The number of hydrogen-bond acceptors (Lipinski definition) is 4. The van der Waals surface area contributed by atoms with Crippen molar-refractivity contribution < 1.29 is 9.90 Å². The highest BCUT2D eigenvalue weighted by atomic mass is 79.9. The van der Waals surface area contributed by atoms with Crippen molar-refractivity contribution in [1.29, 1.82) is 5.26 Å². The summed E-state index contributed by atoms with van der Waals surface area (Å²) in [5, 5.41) is 22.4. The highest BCUT2D eigenvalue weighted by Crippen LogP contribution is 2.26. The van der Waals surface area contributed by atoms with Gasteiger partial charge in [0, 0.05) is 9.89 Å². The topological polar surface area (TPSA) is 91.8 Å². The van der Waals surface area contributed by atoms with Crippen LogP contribution in [0.4, 0.5) is 0 Å². The Kier molecular flexibility index (Phi) is 3.83. The number of carboxylic acids is 1. The minimum absolute atomic E-state index is 0.288. The summed E-state index contributed by atoms with van der Waals surface area (Å²) in [4.78, 5) is 15.2. The van der Waals surface area contributed by atoms with E-state index in [0.717, 1.165) is 4.47 Å². The van der Waals surface area contributed by atoms with E-state index < -0.39 is 11.4 Å². The van der Waals surface area contributed by atoms with Gasteiger partial charge in [-0.3, -0.25) is 0 Å². The molecule has 0 spiro atoms. The fourth-order valence-corrected chi connectivity index (χ4v) is 2.18. The molecule has 0 aliphatic carbocycles. The molecule has 0 fully saturated rings. The number of aromatic carboxylic acids is 1. The van der Waals surface area contributed by atoms with Crippen LogP contribution in [0.3, 0.4) is 0 Å². The van der Waals surface area contributed by atoms with Crippen molar-refractivity contribution in [3.05, 3.63) is 39.9 Å². The number of hydrogen-bond donors (Lipinski definition) is 1. The Bertz CT molecular complexity index is 753. The van der Waals surface area contributed by atoms with Gasteiger partial charge in [0.1, 0.15) is 11.9 Å². The molecule has 2 aromatic rings. The van der Waals surface area contributed by atoms with E-state index in [2.05, 4.69) is 32.1 Å². The quantitative estimate of drug-likeness (QED) is 0.900. The fraction of sp³-hybridized carbons (Fsp3) is 0.286. The lowest BCUT2D eigenvalue weighted by molar-refractivity contribution is 0.0683. The number of nitrogens with zero attached hydrogens (tertiary/aromatic N) is 4. The zero-order valence-electron chi connectivity index (χ0n) is 11.8. The summed E-state index contributed by atoms with van der Waals surface area (Å²) in [7, 11) is 0. The highest BCUT2D eigenvalue weighted by molar-refractivity contribution is 9.10. The van der Waals surface area contributed by atoms with E-state index >= 15 is 0 Å². The van der Waals surface area contributed by atoms with Gasteiger partial charge >= 0.3 is 5.97 Å². The first-order valence-electron chi connectivity index (χ1n) is 6.15. The van der Waals surface area contributed by atoms with Crippen molar-refractivity contribution in [2.45, 2.75) is 26.2 Å². The summed E-state index contributed by atoms with van der Waals surface area (Å²) in [5.74, 6) is -1.01. The minimum Gasteiger partial charge on any atom is -0.475 e. The molecule has 7 heteroatoms. The van der Waals surface area contributed by atoms with Crippen molar-refractivity contribution in [1.82, 2.24) is 14.8 Å². The smallest absolute Gasteiger partial charge is 0.375 e. The number of rotatable bonds is 2. The van der Waals surface area contributed by atoms with E-state index in [0.29, 0.717) is 17.1 Å². The van der Waals surface area contributed by atoms with Crippen LogP contribution < -0.4 is 0 Å². The van der Waals surface area contributed by atoms with Crippen LogP contribution in [0.5, 0.6) is 0 Å². The maximum absolute atomic E-state index is 11.1. The Morgan fingerprint density at radius 1 is 1.43 bits per heavy atom. The zero-order chi connectivity index (χ0) is 15.8. The molecule has 1 heterocycles. The Morgan fingerprint density at radius 2 is 2.10 bits per heavy atom. The van der Waals surface area contributed by atoms with Gasteiger partial charge in [0.05, 0.1) is 11.3 Å². The summed E-state index contributed by atoms with van der Waals surface area (Å²) in [6, 6.07) is 7.19. The zero-order valence-corrected chi connectivity index (χ0v) is 13.3. The molecule has 0 unspecified atom stereocenters. The van der Waals surface area contributed by atoms with Crippen LogP contribution in [-0.2, 0) is 5.41 Å².